The van der Waals surface area contributed by atoms with Crippen molar-refractivity contribution in [2.45, 2.75) is 39.9 Å². The molecule has 0 aromatic carbocycles. The average molecular weight is 251 g/mol. The Morgan fingerprint density at radius 3 is 1.81 bits per heavy atom. The average Bonchev–Trinajstić information content (AvgIpc) is 2.15. The highest BCUT2D eigenvalue weighted by Gasteiger charge is 2.23. The Labute approximate surface area is 99.5 Å². The summed E-state index contributed by atoms with van der Waals surface area (Å²) in [6, 6.07) is 0. The fourth-order valence-electron chi connectivity index (χ4n) is 1.69. The third kappa shape index (κ3) is 4.80. The van der Waals surface area contributed by atoms with Crippen LogP contribution in [0.1, 0.15) is 34.6 Å². The summed E-state index contributed by atoms with van der Waals surface area (Å²) in [5.41, 5.74) is 0. The van der Waals surface area contributed by atoms with E-state index in [9.17, 15) is 8.42 Å². The number of rotatable bonds is 7. The van der Waals surface area contributed by atoms with Crippen LogP contribution in [0.15, 0.2) is 0 Å². The number of aliphatic hydroxyl groups excluding tert-OH is 1. The van der Waals surface area contributed by atoms with Gasteiger partial charge in [-0.25, -0.2) is 13.1 Å². The number of nitrogens with one attached hydrogen (secondary N) is 1. The molecule has 0 fully saturated rings. The standard InChI is InChI=1S/C11H25NO3S/c1-8(2)11(9(3)4)6-12-16(14,15)10(5)7-13/h8-13H,6-7H2,1-5H3. The number of hydrogen-bond donors (Lipinski definition) is 2. The minimum atomic E-state index is -3.37. The molecule has 4 nitrogen and oxygen atoms in total. The summed E-state index contributed by atoms with van der Waals surface area (Å²) in [6.07, 6.45) is 0. The summed E-state index contributed by atoms with van der Waals surface area (Å²) in [6.45, 7) is 9.97. The zero-order valence-electron chi connectivity index (χ0n) is 10.9. The van der Waals surface area contributed by atoms with Crippen molar-refractivity contribution < 1.29 is 13.5 Å². The molecule has 0 amide bonds. The highest BCUT2D eigenvalue weighted by Crippen LogP contribution is 2.19. The molecule has 0 heterocycles. The summed E-state index contributed by atoms with van der Waals surface area (Å²) < 4.78 is 25.9. The fraction of sp³-hybridized carbons (Fsp3) is 1.00. The lowest BCUT2D eigenvalue weighted by atomic mass is 9.86. The van der Waals surface area contributed by atoms with E-state index in [1.165, 1.54) is 6.92 Å². The van der Waals surface area contributed by atoms with Gasteiger partial charge in [0.2, 0.25) is 10.0 Å². The Morgan fingerprint density at radius 2 is 1.50 bits per heavy atom. The third-order valence-electron chi connectivity index (χ3n) is 3.02. The zero-order chi connectivity index (χ0) is 12.9. The molecule has 0 spiro atoms. The van der Waals surface area contributed by atoms with Gasteiger partial charge in [0.25, 0.3) is 0 Å². The van der Waals surface area contributed by atoms with Gasteiger partial charge >= 0.3 is 0 Å². The van der Waals surface area contributed by atoms with Crippen LogP contribution in [0.2, 0.25) is 0 Å². The van der Waals surface area contributed by atoms with Crippen LogP contribution >= 0.6 is 0 Å². The van der Waals surface area contributed by atoms with Crippen molar-refractivity contribution in [3.63, 3.8) is 0 Å². The molecule has 16 heavy (non-hydrogen) atoms. The Morgan fingerprint density at radius 1 is 1.06 bits per heavy atom. The molecule has 5 heteroatoms. The van der Waals surface area contributed by atoms with Crippen molar-refractivity contribution in [3.8, 4) is 0 Å². The number of aliphatic hydroxyl groups is 1. The van der Waals surface area contributed by atoms with E-state index in [2.05, 4.69) is 32.4 Å². The zero-order valence-corrected chi connectivity index (χ0v) is 11.7. The van der Waals surface area contributed by atoms with Gasteiger partial charge in [-0.2, -0.15) is 0 Å². The number of sulfonamides is 1. The molecule has 0 saturated heterocycles. The molecule has 0 aliphatic rings. The molecule has 0 aromatic rings. The molecular weight excluding hydrogens is 226 g/mol. The van der Waals surface area contributed by atoms with Crippen molar-refractivity contribution in [2.24, 2.45) is 17.8 Å². The second-order valence-corrected chi connectivity index (χ2v) is 7.22. The number of hydrogen-bond acceptors (Lipinski definition) is 3. The van der Waals surface area contributed by atoms with E-state index in [0.717, 1.165) is 0 Å². The van der Waals surface area contributed by atoms with E-state index in [1.54, 1.807) is 0 Å². The van der Waals surface area contributed by atoms with E-state index >= 15 is 0 Å². The first-order valence-corrected chi connectivity index (χ1v) is 7.36. The summed E-state index contributed by atoms with van der Waals surface area (Å²) in [5, 5.41) is 8.09. The monoisotopic (exact) mass is 251 g/mol. The van der Waals surface area contributed by atoms with Crippen molar-refractivity contribution in [1.29, 1.82) is 0 Å². The van der Waals surface area contributed by atoms with Crippen molar-refractivity contribution >= 4 is 10.0 Å². The van der Waals surface area contributed by atoms with Gasteiger partial charge in [-0.1, -0.05) is 27.7 Å². The lowest BCUT2D eigenvalue weighted by Crippen LogP contribution is -2.39. The van der Waals surface area contributed by atoms with Crippen molar-refractivity contribution in [3.05, 3.63) is 0 Å². The van der Waals surface area contributed by atoms with Gasteiger partial charge in [-0.3, -0.25) is 0 Å². The summed E-state index contributed by atoms with van der Waals surface area (Å²) >= 11 is 0. The van der Waals surface area contributed by atoms with Crippen LogP contribution in [-0.2, 0) is 10.0 Å². The highest BCUT2D eigenvalue weighted by molar-refractivity contribution is 7.90. The Bertz CT molecular complexity index is 278. The van der Waals surface area contributed by atoms with Gasteiger partial charge in [0.1, 0.15) is 0 Å². The second-order valence-electron chi connectivity index (χ2n) is 5.04. The fourth-order valence-corrected chi connectivity index (χ4v) is 2.60. The quantitative estimate of drug-likeness (QED) is 0.715. The van der Waals surface area contributed by atoms with Gasteiger partial charge in [0.15, 0.2) is 0 Å². The minimum Gasteiger partial charge on any atom is -0.395 e. The normalized spacial score (nSPS) is 15.1. The second kappa shape index (κ2) is 6.57. The smallest absolute Gasteiger partial charge is 0.216 e. The maximum atomic E-state index is 11.6. The summed E-state index contributed by atoms with van der Waals surface area (Å²) in [5.74, 6) is 1.19. The van der Waals surface area contributed by atoms with Gasteiger partial charge < -0.3 is 5.11 Å². The molecule has 1 unspecified atom stereocenters. The predicted molar refractivity (Wildman–Crippen MR) is 66.6 cm³/mol. The van der Waals surface area contributed by atoms with Crippen molar-refractivity contribution in [1.82, 2.24) is 4.72 Å². The molecule has 0 rings (SSSR count). The molecule has 0 aromatic heterocycles. The van der Waals surface area contributed by atoms with Crippen LogP contribution in [0.5, 0.6) is 0 Å². The molecule has 0 bridgehead atoms. The van der Waals surface area contributed by atoms with Gasteiger partial charge in [0, 0.05) is 6.54 Å². The molecule has 98 valence electrons. The van der Waals surface area contributed by atoms with Crippen LogP contribution in [0.25, 0.3) is 0 Å². The first-order valence-electron chi connectivity index (χ1n) is 5.81. The van der Waals surface area contributed by atoms with Gasteiger partial charge in [-0.05, 0) is 24.7 Å². The molecule has 2 N–H and O–H groups in total. The van der Waals surface area contributed by atoms with E-state index in [4.69, 9.17) is 5.11 Å². The predicted octanol–water partition coefficient (Wildman–Crippen LogP) is 1.21. The SMILES string of the molecule is CC(C)C(CNS(=O)(=O)C(C)CO)C(C)C. The molecule has 1 atom stereocenters. The largest absolute Gasteiger partial charge is 0.395 e. The van der Waals surface area contributed by atoms with Crippen LogP contribution < -0.4 is 4.72 Å². The molecule has 0 saturated carbocycles. The first-order chi connectivity index (χ1) is 7.22. The highest BCUT2D eigenvalue weighted by atomic mass is 32.2. The Kier molecular flexibility index (Phi) is 6.51. The van der Waals surface area contributed by atoms with Crippen molar-refractivity contribution in [2.75, 3.05) is 13.2 Å². The first kappa shape index (κ1) is 15.9. The van der Waals surface area contributed by atoms with E-state index < -0.39 is 15.3 Å². The Hall–Kier alpha value is -0.130. The maximum Gasteiger partial charge on any atom is 0.216 e. The van der Waals surface area contributed by atoms with Crippen LogP contribution in [-0.4, -0.2) is 31.9 Å². The van der Waals surface area contributed by atoms with E-state index in [0.29, 0.717) is 24.3 Å². The molecule has 0 radical (unpaired) electrons. The van der Waals surface area contributed by atoms with Gasteiger partial charge in [-0.15, -0.1) is 0 Å². The van der Waals surface area contributed by atoms with Crippen LogP contribution in [0, 0.1) is 17.8 Å². The minimum absolute atomic E-state index is 0.320. The molecule has 0 aliphatic carbocycles. The summed E-state index contributed by atoms with van der Waals surface area (Å²) in [7, 11) is -3.37. The van der Waals surface area contributed by atoms with Crippen LogP contribution in [0.3, 0.4) is 0 Å². The van der Waals surface area contributed by atoms with E-state index in [-0.39, 0.29) is 6.61 Å². The topological polar surface area (TPSA) is 66.4 Å². The lowest BCUT2D eigenvalue weighted by Gasteiger charge is -2.25. The van der Waals surface area contributed by atoms with Crippen LogP contribution in [0.4, 0.5) is 0 Å². The molecular formula is C11H25NO3S. The molecule has 0 aliphatic heterocycles. The summed E-state index contributed by atoms with van der Waals surface area (Å²) in [4.78, 5) is 0. The maximum absolute atomic E-state index is 11.6. The van der Waals surface area contributed by atoms with E-state index in [1.807, 2.05) is 0 Å². The Balaban J connectivity index is 4.42. The lowest BCUT2D eigenvalue weighted by molar-refractivity contribution is 0.283. The van der Waals surface area contributed by atoms with Gasteiger partial charge in [0.05, 0.1) is 11.9 Å². The third-order valence-corrected chi connectivity index (χ3v) is 4.80.